The lowest BCUT2D eigenvalue weighted by atomic mass is 10.1. The minimum absolute atomic E-state index is 0.253. The fraction of sp³-hybridized carbons (Fsp3) is 0.188. The van der Waals surface area contributed by atoms with Crippen molar-refractivity contribution in [3.8, 4) is 11.5 Å². The smallest absolute Gasteiger partial charge is 0.249 e. The summed E-state index contributed by atoms with van der Waals surface area (Å²) in [7, 11) is 0. The number of hydrogen-bond acceptors (Lipinski definition) is 4. The van der Waals surface area contributed by atoms with Crippen LogP contribution in [-0.4, -0.2) is 12.7 Å². The van der Waals surface area contributed by atoms with E-state index in [4.69, 9.17) is 15.2 Å². The Balaban J connectivity index is 1.82. The number of nitrogens with two attached hydrogens (primary N) is 1. The van der Waals surface area contributed by atoms with Crippen LogP contribution in [0.5, 0.6) is 11.5 Å². The highest BCUT2D eigenvalue weighted by atomic mass is 16.7. The number of primary amides is 1. The van der Waals surface area contributed by atoms with Crippen LogP contribution in [-0.2, 0) is 6.54 Å². The summed E-state index contributed by atoms with van der Waals surface area (Å²) in [5.74, 6) is 1.11. The third-order valence-electron chi connectivity index (χ3n) is 3.55. The van der Waals surface area contributed by atoms with E-state index in [0.717, 1.165) is 28.3 Å². The largest absolute Gasteiger partial charge is 0.454 e. The zero-order valence-electron chi connectivity index (χ0n) is 11.7. The predicted octanol–water partition coefficient (Wildman–Crippen LogP) is 2.43. The Labute approximate surface area is 122 Å². The fourth-order valence-corrected chi connectivity index (χ4v) is 2.41. The van der Waals surface area contributed by atoms with E-state index in [0.29, 0.717) is 12.1 Å². The molecule has 21 heavy (non-hydrogen) atoms. The number of fused-ring (bicyclic) bond motifs is 1. The number of carbonyl (C=O) groups excluding carboxylic acids is 1. The van der Waals surface area contributed by atoms with Gasteiger partial charge in [-0.3, -0.25) is 4.79 Å². The molecule has 3 N–H and O–H groups in total. The Morgan fingerprint density at radius 2 is 2.05 bits per heavy atom. The molecule has 2 aromatic rings. The van der Waals surface area contributed by atoms with Crippen molar-refractivity contribution < 1.29 is 14.3 Å². The van der Waals surface area contributed by atoms with Crippen LogP contribution in [0.3, 0.4) is 0 Å². The Bertz CT molecular complexity index is 698. The van der Waals surface area contributed by atoms with Gasteiger partial charge in [-0.2, -0.15) is 0 Å². The number of rotatable bonds is 4. The van der Waals surface area contributed by atoms with E-state index in [1.807, 2.05) is 37.3 Å². The summed E-state index contributed by atoms with van der Waals surface area (Å²) in [6, 6.07) is 11.2. The van der Waals surface area contributed by atoms with Crippen molar-refractivity contribution >= 4 is 11.6 Å². The van der Waals surface area contributed by atoms with E-state index >= 15 is 0 Å². The third kappa shape index (κ3) is 2.50. The normalized spacial score (nSPS) is 12.2. The molecule has 0 radical (unpaired) electrons. The second-order valence-electron chi connectivity index (χ2n) is 4.85. The Morgan fingerprint density at radius 3 is 2.86 bits per heavy atom. The van der Waals surface area contributed by atoms with Crippen LogP contribution in [0, 0.1) is 6.92 Å². The molecule has 3 rings (SSSR count). The highest BCUT2D eigenvalue weighted by Gasteiger charge is 2.17. The topological polar surface area (TPSA) is 73.6 Å². The molecule has 1 aliphatic rings. The van der Waals surface area contributed by atoms with Gasteiger partial charge in [0.05, 0.1) is 0 Å². The number of anilines is 1. The van der Waals surface area contributed by atoms with Crippen molar-refractivity contribution in [2.45, 2.75) is 13.5 Å². The van der Waals surface area contributed by atoms with Crippen molar-refractivity contribution in [2.24, 2.45) is 5.73 Å². The number of benzene rings is 2. The van der Waals surface area contributed by atoms with E-state index in [1.54, 1.807) is 6.07 Å². The van der Waals surface area contributed by atoms with Crippen LogP contribution >= 0.6 is 0 Å². The number of hydrogen-bond donors (Lipinski definition) is 2. The van der Waals surface area contributed by atoms with Gasteiger partial charge in [0.15, 0.2) is 11.5 Å². The first-order chi connectivity index (χ1) is 10.2. The first kappa shape index (κ1) is 13.3. The minimum Gasteiger partial charge on any atom is -0.454 e. The Kier molecular flexibility index (Phi) is 3.39. The van der Waals surface area contributed by atoms with Gasteiger partial charge in [-0.05, 0) is 30.7 Å². The van der Waals surface area contributed by atoms with Gasteiger partial charge in [0.2, 0.25) is 12.7 Å². The molecule has 0 fully saturated rings. The average Bonchev–Trinajstić information content (AvgIpc) is 2.95. The lowest BCUT2D eigenvalue weighted by Gasteiger charge is -2.13. The SMILES string of the molecule is Cc1c(NCc2cccc3c2OCO3)cccc1C(N)=O. The first-order valence-corrected chi connectivity index (χ1v) is 6.67. The molecule has 1 amide bonds. The molecule has 5 heteroatoms. The van der Waals surface area contributed by atoms with Gasteiger partial charge in [0.25, 0.3) is 0 Å². The second kappa shape index (κ2) is 5.36. The molecule has 0 spiro atoms. The van der Waals surface area contributed by atoms with E-state index in [9.17, 15) is 4.79 Å². The molecule has 0 unspecified atom stereocenters. The van der Waals surface area contributed by atoms with Gasteiger partial charge in [0.1, 0.15) is 0 Å². The summed E-state index contributed by atoms with van der Waals surface area (Å²) in [5.41, 5.74) is 8.62. The molecule has 2 aromatic carbocycles. The van der Waals surface area contributed by atoms with Crippen molar-refractivity contribution in [3.05, 3.63) is 53.1 Å². The Morgan fingerprint density at radius 1 is 1.24 bits per heavy atom. The molecule has 0 atom stereocenters. The zero-order chi connectivity index (χ0) is 14.8. The Hall–Kier alpha value is -2.69. The molecule has 5 nitrogen and oxygen atoms in total. The summed E-state index contributed by atoms with van der Waals surface area (Å²) in [5, 5.41) is 3.31. The molecule has 0 saturated carbocycles. The lowest BCUT2D eigenvalue weighted by Crippen LogP contribution is -2.14. The maximum atomic E-state index is 11.4. The van der Waals surface area contributed by atoms with Crippen LogP contribution in [0.1, 0.15) is 21.5 Å². The monoisotopic (exact) mass is 284 g/mol. The van der Waals surface area contributed by atoms with Gasteiger partial charge in [-0.15, -0.1) is 0 Å². The van der Waals surface area contributed by atoms with Gasteiger partial charge >= 0.3 is 0 Å². The van der Waals surface area contributed by atoms with E-state index in [-0.39, 0.29) is 6.79 Å². The summed E-state index contributed by atoms with van der Waals surface area (Å²) in [6.45, 7) is 2.70. The van der Waals surface area contributed by atoms with E-state index < -0.39 is 5.91 Å². The molecular formula is C16H16N2O3. The average molecular weight is 284 g/mol. The van der Waals surface area contributed by atoms with Gasteiger partial charge in [-0.1, -0.05) is 18.2 Å². The zero-order valence-corrected chi connectivity index (χ0v) is 11.7. The van der Waals surface area contributed by atoms with Gasteiger partial charge in [0, 0.05) is 23.4 Å². The number of para-hydroxylation sites is 1. The molecule has 108 valence electrons. The number of carbonyl (C=O) groups is 1. The highest BCUT2D eigenvalue weighted by Crippen LogP contribution is 2.35. The molecule has 0 saturated heterocycles. The molecule has 1 aliphatic heterocycles. The fourth-order valence-electron chi connectivity index (χ4n) is 2.41. The van der Waals surface area contributed by atoms with Crippen LogP contribution in [0.2, 0.25) is 0 Å². The van der Waals surface area contributed by atoms with Gasteiger partial charge < -0.3 is 20.5 Å². The van der Waals surface area contributed by atoms with Crippen LogP contribution < -0.4 is 20.5 Å². The molecule has 0 aliphatic carbocycles. The van der Waals surface area contributed by atoms with Gasteiger partial charge in [-0.25, -0.2) is 0 Å². The predicted molar refractivity (Wildman–Crippen MR) is 79.6 cm³/mol. The number of nitrogens with one attached hydrogen (secondary N) is 1. The summed E-state index contributed by atoms with van der Waals surface area (Å²) in [6.07, 6.45) is 0. The quantitative estimate of drug-likeness (QED) is 0.904. The second-order valence-corrected chi connectivity index (χ2v) is 4.85. The van der Waals surface area contributed by atoms with Crippen LogP contribution in [0.4, 0.5) is 5.69 Å². The molecule has 0 aromatic heterocycles. The van der Waals surface area contributed by atoms with E-state index in [2.05, 4.69) is 5.32 Å². The third-order valence-corrected chi connectivity index (χ3v) is 3.55. The summed E-state index contributed by atoms with van der Waals surface area (Å²) in [4.78, 5) is 11.4. The summed E-state index contributed by atoms with van der Waals surface area (Å²) >= 11 is 0. The number of ether oxygens (including phenoxy) is 2. The lowest BCUT2D eigenvalue weighted by molar-refractivity contribution is 0.0999. The standard InChI is InChI=1S/C16H16N2O3/c1-10-12(16(17)19)5-3-6-13(10)18-8-11-4-2-7-14-15(11)21-9-20-14/h2-7,18H,8-9H2,1H3,(H2,17,19). The molecule has 1 heterocycles. The highest BCUT2D eigenvalue weighted by molar-refractivity contribution is 5.95. The van der Waals surface area contributed by atoms with Crippen molar-refractivity contribution in [2.75, 3.05) is 12.1 Å². The molecule has 0 bridgehead atoms. The summed E-state index contributed by atoms with van der Waals surface area (Å²) < 4.78 is 10.8. The molecular weight excluding hydrogens is 268 g/mol. The van der Waals surface area contributed by atoms with Crippen molar-refractivity contribution in [1.82, 2.24) is 0 Å². The van der Waals surface area contributed by atoms with Crippen molar-refractivity contribution in [1.29, 1.82) is 0 Å². The first-order valence-electron chi connectivity index (χ1n) is 6.67. The maximum absolute atomic E-state index is 11.4. The maximum Gasteiger partial charge on any atom is 0.249 e. The van der Waals surface area contributed by atoms with Crippen molar-refractivity contribution in [3.63, 3.8) is 0 Å². The van der Waals surface area contributed by atoms with Crippen LogP contribution in [0.15, 0.2) is 36.4 Å². The number of amides is 1. The minimum atomic E-state index is -0.423. The van der Waals surface area contributed by atoms with E-state index in [1.165, 1.54) is 0 Å². The van der Waals surface area contributed by atoms with Crippen LogP contribution in [0.25, 0.3) is 0 Å².